The van der Waals surface area contributed by atoms with E-state index in [1.165, 1.54) is 17.7 Å². The normalized spacial score (nSPS) is 13.9. The molecule has 0 saturated carbocycles. The van der Waals surface area contributed by atoms with E-state index in [2.05, 4.69) is 9.62 Å². The summed E-state index contributed by atoms with van der Waals surface area (Å²) >= 11 is 0. The summed E-state index contributed by atoms with van der Waals surface area (Å²) in [6.45, 7) is 4.27. The molecule has 1 heterocycles. The Kier molecular flexibility index (Phi) is 6.41. The Morgan fingerprint density at radius 2 is 2.04 bits per heavy atom. The molecule has 1 aliphatic rings. The van der Waals surface area contributed by atoms with Crippen molar-refractivity contribution in [3.63, 3.8) is 0 Å². The van der Waals surface area contributed by atoms with E-state index in [1.807, 2.05) is 12.1 Å². The second-order valence-electron chi connectivity index (χ2n) is 6.56. The van der Waals surface area contributed by atoms with Crippen LogP contribution >= 0.6 is 0 Å². The Bertz CT molecular complexity index is 934. The molecule has 0 radical (unpaired) electrons. The van der Waals surface area contributed by atoms with Crippen molar-refractivity contribution >= 4 is 21.4 Å². The van der Waals surface area contributed by atoms with Gasteiger partial charge in [-0.05, 0) is 55.7 Å². The number of halogens is 1. The molecule has 0 saturated heterocycles. The Morgan fingerprint density at radius 1 is 1.21 bits per heavy atom. The fourth-order valence-electron chi connectivity index (χ4n) is 3.28. The number of hydrogen-bond acceptors (Lipinski definition) is 5. The van der Waals surface area contributed by atoms with Gasteiger partial charge in [0.1, 0.15) is 0 Å². The molecule has 152 valence electrons. The van der Waals surface area contributed by atoms with Crippen molar-refractivity contribution in [1.82, 2.24) is 0 Å². The maximum atomic E-state index is 14.1. The third-order valence-electron chi connectivity index (χ3n) is 4.63. The summed E-state index contributed by atoms with van der Waals surface area (Å²) in [5.41, 5.74) is 2.62. The van der Waals surface area contributed by atoms with Crippen LogP contribution in [0.2, 0.25) is 0 Å². The van der Waals surface area contributed by atoms with Crippen LogP contribution in [0.5, 0.6) is 5.75 Å². The molecule has 0 unspecified atom stereocenters. The molecule has 0 bridgehead atoms. The zero-order chi connectivity index (χ0) is 20.1. The summed E-state index contributed by atoms with van der Waals surface area (Å²) in [7, 11) is -2.26. The van der Waals surface area contributed by atoms with E-state index in [4.69, 9.17) is 9.47 Å². The summed E-state index contributed by atoms with van der Waals surface area (Å²) in [4.78, 5) is 2.04. The predicted octanol–water partition coefficient (Wildman–Crippen LogP) is 3.42. The first-order valence-corrected chi connectivity index (χ1v) is 10.7. The van der Waals surface area contributed by atoms with E-state index in [1.54, 1.807) is 20.1 Å². The fourth-order valence-corrected chi connectivity index (χ4v) is 4.34. The van der Waals surface area contributed by atoms with Crippen LogP contribution in [0.3, 0.4) is 0 Å². The smallest absolute Gasteiger partial charge is 0.262 e. The lowest BCUT2D eigenvalue weighted by atomic mass is 10.0. The highest BCUT2D eigenvalue weighted by Gasteiger charge is 2.20. The molecule has 2 aromatic rings. The van der Waals surface area contributed by atoms with Crippen molar-refractivity contribution in [2.24, 2.45) is 0 Å². The van der Waals surface area contributed by atoms with Gasteiger partial charge in [-0.15, -0.1) is 0 Å². The van der Waals surface area contributed by atoms with Gasteiger partial charge in [-0.1, -0.05) is 6.07 Å². The molecule has 0 amide bonds. The van der Waals surface area contributed by atoms with Crippen molar-refractivity contribution in [2.45, 2.75) is 24.7 Å². The third kappa shape index (κ3) is 4.56. The van der Waals surface area contributed by atoms with Gasteiger partial charge in [0.15, 0.2) is 11.6 Å². The molecule has 1 aliphatic heterocycles. The predicted molar refractivity (Wildman–Crippen MR) is 107 cm³/mol. The lowest BCUT2D eigenvalue weighted by Crippen LogP contribution is -2.32. The zero-order valence-electron chi connectivity index (χ0n) is 16.1. The molecule has 6 nitrogen and oxygen atoms in total. The number of hydrogen-bond donors (Lipinski definition) is 1. The van der Waals surface area contributed by atoms with Gasteiger partial charge in [-0.25, -0.2) is 12.8 Å². The molecule has 1 N–H and O–H groups in total. The van der Waals surface area contributed by atoms with Gasteiger partial charge in [0.2, 0.25) is 0 Å². The first-order chi connectivity index (χ1) is 13.4. The van der Waals surface area contributed by atoms with Crippen molar-refractivity contribution in [1.29, 1.82) is 0 Å². The first kappa shape index (κ1) is 20.4. The molecule has 28 heavy (non-hydrogen) atoms. The van der Waals surface area contributed by atoms with E-state index in [0.717, 1.165) is 37.7 Å². The molecule has 0 fully saturated rings. The monoisotopic (exact) mass is 408 g/mol. The average molecular weight is 408 g/mol. The Balaban J connectivity index is 1.84. The standard InChI is InChI=1S/C20H25FN2O4S/c1-3-27-20-9-8-17(14-18(20)21)28(24,25)22-16-7-6-15-5-4-10-23(11-12-26-2)19(15)13-16/h6-9,13-14,22H,3-5,10-12H2,1-2H3. The second-order valence-corrected chi connectivity index (χ2v) is 8.24. The highest BCUT2D eigenvalue weighted by atomic mass is 32.2. The molecule has 0 atom stereocenters. The number of anilines is 2. The number of rotatable bonds is 8. The molecule has 8 heteroatoms. The van der Waals surface area contributed by atoms with Gasteiger partial charge in [0.25, 0.3) is 10.0 Å². The first-order valence-electron chi connectivity index (χ1n) is 9.26. The third-order valence-corrected chi connectivity index (χ3v) is 6.01. The van der Waals surface area contributed by atoms with Crippen molar-refractivity contribution in [3.8, 4) is 5.75 Å². The lowest BCUT2D eigenvalue weighted by molar-refractivity contribution is 0.205. The lowest BCUT2D eigenvalue weighted by Gasteiger charge is -2.31. The van der Waals surface area contributed by atoms with Gasteiger partial charge in [-0.2, -0.15) is 0 Å². The van der Waals surface area contributed by atoms with E-state index in [-0.39, 0.29) is 10.6 Å². The summed E-state index contributed by atoms with van der Waals surface area (Å²) in [5.74, 6) is -0.676. The molecule has 2 aromatic carbocycles. The van der Waals surface area contributed by atoms with E-state index in [0.29, 0.717) is 18.9 Å². The second kappa shape index (κ2) is 8.79. The van der Waals surface area contributed by atoms with Gasteiger partial charge < -0.3 is 14.4 Å². The number of methoxy groups -OCH3 is 1. The van der Waals surface area contributed by atoms with Crippen LogP contribution in [0.4, 0.5) is 15.8 Å². The van der Waals surface area contributed by atoms with Crippen LogP contribution in [0.25, 0.3) is 0 Å². The number of aryl methyl sites for hydroxylation is 1. The van der Waals surface area contributed by atoms with Crippen molar-refractivity contribution in [2.75, 3.05) is 43.0 Å². The van der Waals surface area contributed by atoms with Gasteiger partial charge in [0.05, 0.1) is 23.8 Å². The summed E-state index contributed by atoms with van der Waals surface area (Å²) in [5, 5.41) is 0. The summed E-state index contributed by atoms with van der Waals surface area (Å²) in [6.07, 6.45) is 2.00. The minimum absolute atomic E-state index is 0.0315. The Hall–Kier alpha value is -2.32. The van der Waals surface area contributed by atoms with Crippen LogP contribution in [0.1, 0.15) is 18.9 Å². The maximum Gasteiger partial charge on any atom is 0.262 e. The highest BCUT2D eigenvalue weighted by molar-refractivity contribution is 7.92. The minimum Gasteiger partial charge on any atom is -0.491 e. The molecular weight excluding hydrogens is 383 g/mol. The molecule has 0 aliphatic carbocycles. The van der Waals surface area contributed by atoms with Crippen molar-refractivity contribution in [3.05, 3.63) is 47.8 Å². The van der Waals surface area contributed by atoms with Crippen molar-refractivity contribution < 1.29 is 22.3 Å². The number of nitrogens with zero attached hydrogens (tertiary/aromatic N) is 1. The van der Waals surface area contributed by atoms with E-state index < -0.39 is 15.8 Å². The highest BCUT2D eigenvalue weighted by Crippen LogP contribution is 2.31. The summed E-state index contributed by atoms with van der Waals surface area (Å²) < 4.78 is 52.3. The Morgan fingerprint density at radius 3 is 2.75 bits per heavy atom. The summed E-state index contributed by atoms with van der Waals surface area (Å²) in [6, 6.07) is 9.13. The van der Waals surface area contributed by atoms with Gasteiger partial charge in [-0.3, -0.25) is 4.72 Å². The Labute approximate surface area is 165 Å². The number of nitrogens with one attached hydrogen (secondary N) is 1. The van der Waals surface area contributed by atoms with E-state index in [9.17, 15) is 12.8 Å². The molecular formula is C20H25FN2O4S. The number of ether oxygens (including phenoxy) is 2. The van der Waals surface area contributed by atoms with Gasteiger partial charge in [0, 0.05) is 25.9 Å². The van der Waals surface area contributed by atoms with Gasteiger partial charge >= 0.3 is 0 Å². The molecule has 0 aromatic heterocycles. The van der Waals surface area contributed by atoms with E-state index >= 15 is 0 Å². The maximum absolute atomic E-state index is 14.1. The van der Waals surface area contributed by atoms with Crippen LogP contribution in [0, 0.1) is 5.82 Å². The SMILES string of the molecule is CCOc1ccc(S(=O)(=O)Nc2ccc3c(c2)N(CCOC)CCC3)cc1F. The molecule has 0 spiro atoms. The number of sulfonamides is 1. The number of benzene rings is 2. The quantitative estimate of drug-likeness (QED) is 0.725. The van der Waals surface area contributed by atoms with Crippen LogP contribution < -0.4 is 14.4 Å². The fraction of sp³-hybridized carbons (Fsp3) is 0.400. The van der Waals surface area contributed by atoms with Crippen LogP contribution in [0.15, 0.2) is 41.3 Å². The van der Waals surface area contributed by atoms with Crippen LogP contribution in [-0.4, -0.2) is 41.8 Å². The zero-order valence-corrected chi connectivity index (χ0v) is 16.9. The molecule has 3 rings (SSSR count). The topological polar surface area (TPSA) is 67.9 Å². The van der Waals surface area contributed by atoms with Crippen LogP contribution in [-0.2, 0) is 21.2 Å². The number of fused-ring (bicyclic) bond motifs is 1. The minimum atomic E-state index is -3.92. The average Bonchev–Trinajstić information content (AvgIpc) is 2.67. The largest absolute Gasteiger partial charge is 0.491 e.